The van der Waals surface area contributed by atoms with Gasteiger partial charge in [-0.2, -0.15) is 4.31 Å². The SMILES string of the molecule is Cc1cc(C(=O)N2CCN(S(=O)(=O)c3ccc4[nH]c(=O)oc4c3)CC2)no1. The van der Waals surface area contributed by atoms with Gasteiger partial charge in [-0.3, -0.25) is 9.78 Å². The van der Waals surface area contributed by atoms with E-state index >= 15 is 0 Å². The summed E-state index contributed by atoms with van der Waals surface area (Å²) < 4.78 is 36.8. The van der Waals surface area contributed by atoms with Crippen LogP contribution in [-0.2, 0) is 10.0 Å². The van der Waals surface area contributed by atoms with Gasteiger partial charge < -0.3 is 13.8 Å². The van der Waals surface area contributed by atoms with Crippen LogP contribution >= 0.6 is 0 Å². The second kappa shape index (κ2) is 6.35. The lowest BCUT2D eigenvalue weighted by Gasteiger charge is -2.33. The number of H-pyrrole nitrogens is 1. The van der Waals surface area contributed by atoms with Crippen molar-refractivity contribution in [3.05, 3.63) is 46.3 Å². The number of amides is 1. The number of hydrogen-bond donors (Lipinski definition) is 1. The highest BCUT2D eigenvalue weighted by molar-refractivity contribution is 7.89. The van der Waals surface area contributed by atoms with Gasteiger partial charge in [0.2, 0.25) is 10.0 Å². The zero-order chi connectivity index (χ0) is 19.2. The minimum absolute atomic E-state index is 0.0321. The van der Waals surface area contributed by atoms with Gasteiger partial charge in [0.1, 0.15) is 5.76 Å². The third-order valence-corrected chi connectivity index (χ3v) is 6.30. The minimum Gasteiger partial charge on any atom is -0.408 e. The van der Waals surface area contributed by atoms with E-state index in [2.05, 4.69) is 10.1 Å². The Morgan fingerprint density at radius 2 is 1.93 bits per heavy atom. The molecular formula is C16H16N4O6S. The Morgan fingerprint density at radius 3 is 2.59 bits per heavy atom. The van der Waals surface area contributed by atoms with Crippen molar-refractivity contribution in [3.63, 3.8) is 0 Å². The molecular weight excluding hydrogens is 376 g/mol. The molecule has 10 nitrogen and oxygen atoms in total. The van der Waals surface area contributed by atoms with Crippen molar-refractivity contribution in [1.29, 1.82) is 0 Å². The number of carbonyl (C=O) groups excluding carboxylic acids is 1. The number of rotatable bonds is 3. The number of aryl methyl sites for hydroxylation is 1. The highest BCUT2D eigenvalue weighted by Gasteiger charge is 2.31. The molecule has 3 heterocycles. The molecule has 1 aromatic carbocycles. The zero-order valence-corrected chi connectivity index (χ0v) is 15.2. The molecule has 1 amide bonds. The van der Waals surface area contributed by atoms with E-state index < -0.39 is 15.8 Å². The fourth-order valence-corrected chi connectivity index (χ4v) is 4.43. The second-order valence-electron chi connectivity index (χ2n) is 6.19. The molecule has 1 aliphatic rings. The van der Waals surface area contributed by atoms with Crippen molar-refractivity contribution in [2.24, 2.45) is 0 Å². The van der Waals surface area contributed by atoms with Gasteiger partial charge >= 0.3 is 5.76 Å². The molecule has 0 unspecified atom stereocenters. The number of aromatic nitrogens is 2. The maximum absolute atomic E-state index is 12.9. The van der Waals surface area contributed by atoms with E-state index in [9.17, 15) is 18.0 Å². The van der Waals surface area contributed by atoms with Crippen molar-refractivity contribution in [2.45, 2.75) is 11.8 Å². The van der Waals surface area contributed by atoms with Crippen LogP contribution in [0, 0.1) is 6.92 Å². The first kappa shape index (κ1) is 17.5. The van der Waals surface area contributed by atoms with E-state index in [0.717, 1.165) is 0 Å². The maximum Gasteiger partial charge on any atom is 0.417 e. The van der Waals surface area contributed by atoms with Crippen molar-refractivity contribution < 1.29 is 22.2 Å². The molecule has 1 fully saturated rings. The molecule has 0 radical (unpaired) electrons. The standard InChI is InChI=1S/C16H16N4O6S/c1-10-8-13(18-26-10)15(21)19-4-6-20(7-5-19)27(23,24)11-2-3-12-14(9-11)25-16(22)17-12/h2-3,8-9H,4-7H2,1H3,(H,17,22). The predicted octanol–water partition coefficient (Wildman–Crippen LogP) is 0.564. The maximum atomic E-state index is 12.9. The lowest BCUT2D eigenvalue weighted by molar-refractivity contribution is 0.0687. The molecule has 1 N–H and O–H groups in total. The van der Waals surface area contributed by atoms with E-state index in [1.165, 1.54) is 27.4 Å². The Hall–Kier alpha value is -2.92. The Balaban J connectivity index is 1.50. The minimum atomic E-state index is -3.77. The second-order valence-corrected chi connectivity index (χ2v) is 8.13. The van der Waals surface area contributed by atoms with E-state index in [1.807, 2.05) is 0 Å². The predicted molar refractivity (Wildman–Crippen MR) is 92.7 cm³/mol. The van der Waals surface area contributed by atoms with Crippen molar-refractivity contribution >= 4 is 27.0 Å². The molecule has 2 aromatic heterocycles. The van der Waals surface area contributed by atoms with Gasteiger partial charge in [0.25, 0.3) is 5.91 Å². The lowest BCUT2D eigenvalue weighted by atomic mass is 10.3. The summed E-state index contributed by atoms with van der Waals surface area (Å²) in [6.07, 6.45) is 0. The first-order chi connectivity index (χ1) is 12.8. The van der Waals surface area contributed by atoms with Gasteiger partial charge in [-0.1, -0.05) is 5.16 Å². The number of nitrogens with zero attached hydrogens (tertiary/aromatic N) is 3. The summed E-state index contributed by atoms with van der Waals surface area (Å²) in [6, 6.07) is 5.77. The van der Waals surface area contributed by atoms with Crippen LogP contribution < -0.4 is 5.76 Å². The third-order valence-electron chi connectivity index (χ3n) is 4.40. The van der Waals surface area contributed by atoms with Gasteiger partial charge in [0.05, 0.1) is 10.4 Å². The van der Waals surface area contributed by atoms with Crippen LogP contribution in [0.3, 0.4) is 0 Å². The average Bonchev–Trinajstić information content (AvgIpc) is 3.25. The summed E-state index contributed by atoms with van der Waals surface area (Å²) in [4.78, 5) is 27.7. The lowest BCUT2D eigenvalue weighted by Crippen LogP contribution is -2.50. The van der Waals surface area contributed by atoms with Crippen molar-refractivity contribution in [3.8, 4) is 0 Å². The molecule has 11 heteroatoms. The topological polar surface area (TPSA) is 130 Å². The van der Waals surface area contributed by atoms with Crippen LogP contribution in [0.2, 0.25) is 0 Å². The monoisotopic (exact) mass is 392 g/mol. The molecule has 1 aliphatic heterocycles. The van der Waals surface area contributed by atoms with Crippen molar-refractivity contribution in [2.75, 3.05) is 26.2 Å². The molecule has 0 atom stereocenters. The highest BCUT2D eigenvalue weighted by atomic mass is 32.2. The van der Waals surface area contributed by atoms with Gasteiger partial charge in [-0.15, -0.1) is 0 Å². The van der Waals surface area contributed by atoms with Crippen molar-refractivity contribution in [1.82, 2.24) is 19.3 Å². The number of hydrogen-bond acceptors (Lipinski definition) is 7. The number of carbonyl (C=O) groups is 1. The smallest absolute Gasteiger partial charge is 0.408 e. The van der Waals surface area contributed by atoms with Crippen LogP contribution in [0.15, 0.2) is 42.9 Å². The average molecular weight is 392 g/mol. The molecule has 4 rings (SSSR count). The van der Waals surface area contributed by atoms with E-state index in [1.54, 1.807) is 13.0 Å². The number of benzene rings is 1. The van der Waals surface area contributed by atoms with Gasteiger partial charge in [0, 0.05) is 38.3 Å². The zero-order valence-electron chi connectivity index (χ0n) is 14.3. The molecule has 0 aliphatic carbocycles. The number of sulfonamides is 1. The van der Waals surface area contributed by atoms with E-state index in [4.69, 9.17) is 8.94 Å². The normalized spacial score (nSPS) is 16.1. The summed E-state index contributed by atoms with van der Waals surface area (Å²) >= 11 is 0. The van der Waals surface area contributed by atoms with Crippen LogP contribution in [0.4, 0.5) is 0 Å². The van der Waals surface area contributed by atoms with Gasteiger partial charge in [0.15, 0.2) is 11.3 Å². The van der Waals surface area contributed by atoms with Crippen LogP contribution in [0.1, 0.15) is 16.2 Å². The largest absolute Gasteiger partial charge is 0.417 e. The first-order valence-electron chi connectivity index (χ1n) is 8.20. The Morgan fingerprint density at radius 1 is 1.19 bits per heavy atom. The molecule has 0 spiro atoms. The van der Waals surface area contributed by atoms with E-state index in [0.29, 0.717) is 11.3 Å². The summed E-state index contributed by atoms with van der Waals surface area (Å²) in [6.45, 7) is 2.48. The quantitative estimate of drug-likeness (QED) is 0.689. The molecule has 27 heavy (non-hydrogen) atoms. The number of piperazine rings is 1. The summed E-state index contributed by atoms with van der Waals surface area (Å²) in [7, 11) is -3.77. The van der Waals surface area contributed by atoms with Crippen LogP contribution in [0.25, 0.3) is 11.1 Å². The first-order valence-corrected chi connectivity index (χ1v) is 9.64. The van der Waals surface area contributed by atoms with Crippen LogP contribution in [0.5, 0.6) is 0 Å². The van der Waals surface area contributed by atoms with Gasteiger partial charge in [-0.05, 0) is 19.1 Å². The number of fused-ring (bicyclic) bond motifs is 1. The van der Waals surface area contributed by atoms with Gasteiger partial charge in [-0.25, -0.2) is 13.2 Å². The highest BCUT2D eigenvalue weighted by Crippen LogP contribution is 2.22. The molecule has 0 bridgehead atoms. The van der Waals surface area contributed by atoms with E-state index in [-0.39, 0.29) is 48.3 Å². The third kappa shape index (κ3) is 3.15. The number of oxazole rings is 1. The molecule has 1 saturated heterocycles. The van der Waals surface area contributed by atoms with Crippen LogP contribution in [-0.4, -0.2) is 59.8 Å². The Bertz CT molecular complexity index is 1170. The number of nitrogens with one attached hydrogen (secondary N) is 1. The Kier molecular flexibility index (Phi) is 4.12. The molecule has 142 valence electrons. The molecule has 3 aromatic rings. The summed E-state index contributed by atoms with van der Waals surface area (Å²) in [5.74, 6) is -0.402. The fourth-order valence-electron chi connectivity index (χ4n) is 3.00. The fraction of sp³-hybridized carbons (Fsp3) is 0.312. The molecule has 0 saturated carbocycles. The summed E-state index contributed by atoms with van der Waals surface area (Å²) in [5, 5.41) is 3.70. The number of aromatic amines is 1. The summed E-state index contributed by atoms with van der Waals surface area (Å²) in [5.41, 5.74) is 0.810. The Labute approximate surface area is 153 Å².